The van der Waals surface area contributed by atoms with Crippen LogP contribution in [0, 0.1) is 0 Å². The van der Waals surface area contributed by atoms with Gasteiger partial charge in [-0.3, -0.25) is 0 Å². The Bertz CT molecular complexity index is 616. The predicted molar refractivity (Wildman–Crippen MR) is 121 cm³/mol. The highest BCUT2D eigenvalue weighted by Crippen LogP contribution is 2.09. The standard InChI is InChI=1S/C22H38O16/c23-13(3-33-9-17-11-35-17)1-31-5-15(25)7-37-21(29)19(27)20(28)22(30)38-8-16(26)6-32-2-14(24)4-34-10-18-12-36-18/h13-20,23-28H,1-12H2. The highest BCUT2D eigenvalue weighted by Gasteiger charge is 2.33. The Hall–Kier alpha value is -1.54. The summed E-state index contributed by atoms with van der Waals surface area (Å²) in [6, 6.07) is 0. The minimum absolute atomic E-state index is 0.0184. The molecular weight excluding hydrogens is 520 g/mol. The van der Waals surface area contributed by atoms with Crippen molar-refractivity contribution in [3.63, 3.8) is 0 Å². The van der Waals surface area contributed by atoms with Crippen LogP contribution in [0.1, 0.15) is 0 Å². The van der Waals surface area contributed by atoms with Gasteiger partial charge in [0.05, 0.1) is 66.1 Å². The molecule has 6 N–H and O–H groups in total. The van der Waals surface area contributed by atoms with Crippen LogP contribution in [-0.4, -0.2) is 171 Å². The Kier molecular flexibility index (Phi) is 15.4. The molecule has 38 heavy (non-hydrogen) atoms. The molecule has 16 nitrogen and oxygen atoms in total. The van der Waals surface area contributed by atoms with Gasteiger partial charge in [0.2, 0.25) is 0 Å². The minimum Gasteiger partial charge on any atom is -0.461 e. The molecule has 2 rings (SSSR count). The van der Waals surface area contributed by atoms with Crippen molar-refractivity contribution in [1.29, 1.82) is 0 Å². The van der Waals surface area contributed by atoms with Crippen molar-refractivity contribution in [2.45, 2.75) is 48.8 Å². The molecule has 2 fully saturated rings. The van der Waals surface area contributed by atoms with Gasteiger partial charge in [0.25, 0.3) is 0 Å². The van der Waals surface area contributed by atoms with Crippen LogP contribution < -0.4 is 0 Å². The molecule has 0 bridgehead atoms. The first-order valence-electron chi connectivity index (χ1n) is 12.1. The van der Waals surface area contributed by atoms with E-state index in [-0.39, 0.29) is 51.8 Å². The van der Waals surface area contributed by atoms with E-state index in [1.54, 1.807) is 0 Å². The molecule has 8 unspecified atom stereocenters. The summed E-state index contributed by atoms with van der Waals surface area (Å²) < 4.78 is 39.7. The van der Waals surface area contributed by atoms with E-state index in [1.807, 2.05) is 0 Å². The molecule has 0 spiro atoms. The lowest BCUT2D eigenvalue weighted by Gasteiger charge is -2.19. The van der Waals surface area contributed by atoms with Crippen molar-refractivity contribution in [2.75, 3.05) is 79.3 Å². The number of hydrogen-bond acceptors (Lipinski definition) is 16. The fourth-order valence-corrected chi connectivity index (χ4v) is 2.66. The second kappa shape index (κ2) is 17.9. The molecule has 2 heterocycles. The fourth-order valence-electron chi connectivity index (χ4n) is 2.66. The fraction of sp³-hybridized carbons (Fsp3) is 0.909. The lowest BCUT2D eigenvalue weighted by Crippen LogP contribution is -2.43. The molecule has 0 amide bonds. The van der Waals surface area contributed by atoms with Gasteiger partial charge < -0.3 is 68.5 Å². The second-order valence-electron chi connectivity index (χ2n) is 8.83. The number of aliphatic hydroxyl groups is 6. The molecule has 2 saturated heterocycles. The molecule has 222 valence electrons. The molecule has 2 aliphatic heterocycles. The normalized spacial score (nSPS) is 23.1. The summed E-state index contributed by atoms with van der Waals surface area (Å²) in [5.74, 6) is -2.81. The van der Waals surface area contributed by atoms with Crippen LogP contribution in [0.5, 0.6) is 0 Å². The average Bonchev–Trinajstić information content (AvgIpc) is 3.81. The zero-order valence-electron chi connectivity index (χ0n) is 20.9. The maximum atomic E-state index is 11.8. The number of hydrogen-bond donors (Lipinski definition) is 6. The zero-order chi connectivity index (χ0) is 27.9. The number of carbonyl (C=O) groups excluding carboxylic acids is 2. The summed E-state index contributed by atoms with van der Waals surface area (Å²) in [6.45, 7) is -0.127. The van der Waals surface area contributed by atoms with Gasteiger partial charge in [-0.05, 0) is 0 Å². The number of carbonyl (C=O) groups is 2. The maximum Gasteiger partial charge on any atom is 0.338 e. The summed E-state index contributed by atoms with van der Waals surface area (Å²) in [5, 5.41) is 58.5. The maximum absolute atomic E-state index is 11.8. The lowest BCUT2D eigenvalue weighted by molar-refractivity contribution is -0.177. The smallest absolute Gasteiger partial charge is 0.338 e. The van der Waals surface area contributed by atoms with Crippen LogP contribution in [0.2, 0.25) is 0 Å². The van der Waals surface area contributed by atoms with E-state index in [4.69, 9.17) is 28.4 Å². The summed E-state index contributed by atoms with van der Waals surface area (Å²) in [5.41, 5.74) is 0. The van der Waals surface area contributed by atoms with Gasteiger partial charge in [0.15, 0.2) is 12.2 Å². The van der Waals surface area contributed by atoms with E-state index in [2.05, 4.69) is 9.47 Å². The number of ether oxygens (including phenoxy) is 8. The van der Waals surface area contributed by atoms with E-state index in [0.717, 1.165) is 0 Å². The van der Waals surface area contributed by atoms with Gasteiger partial charge in [-0.25, -0.2) is 9.59 Å². The average molecular weight is 559 g/mol. The third-order valence-corrected chi connectivity index (χ3v) is 4.89. The highest BCUT2D eigenvalue weighted by molar-refractivity contribution is 5.85. The van der Waals surface area contributed by atoms with Crippen LogP contribution in [0.4, 0.5) is 0 Å². The van der Waals surface area contributed by atoms with E-state index in [1.165, 1.54) is 0 Å². The molecule has 0 aliphatic carbocycles. The van der Waals surface area contributed by atoms with Crippen molar-refractivity contribution < 1.29 is 78.1 Å². The van der Waals surface area contributed by atoms with Crippen molar-refractivity contribution in [3.05, 3.63) is 0 Å². The van der Waals surface area contributed by atoms with Crippen LogP contribution >= 0.6 is 0 Å². The summed E-state index contributed by atoms with van der Waals surface area (Å²) in [6.07, 6.45) is -8.99. The van der Waals surface area contributed by atoms with E-state index in [9.17, 15) is 40.2 Å². The monoisotopic (exact) mass is 558 g/mol. The van der Waals surface area contributed by atoms with Gasteiger partial charge in [-0.2, -0.15) is 0 Å². The first-order chi connectivity index (χ1) is 18.2. The lowest BCUT2D eigenvalue weighted by atomic mass is 10.2. The van der Waals surface area contributed by atoms with E-state index < -0.39 is 61.8 Å². The number of epoxide rings is 2. The van der Waals surface area contributed by atoms with Crippen molar-refractivity contribution >= 4 is 11.9 Å². The largest absolute Gasteiger partial charge is 0.461 e. The topological polar surface area (TPSA) is 236 Å². The van der Waals surface area contributed by atoms with E-state index >= 15 is 0 Å². The SMILES string of the molecule is O=C(OCC(O)COCC(O)COCC1CO1)C(O)C(O)C(=O)OCC(O)COCC(O)COCC1CO1. The molecule has 0 aromatic heterocycles. The molecule has 0 saturated carbocycles. The van der Waals surface area contributed by atoms with Gasteiger partial charge in [-0.1, -0.05) is 0 Å². The number of rotatable bonds is 23. The highest BCUT2D eigenvalue weighted by atomic mass is 16.6. The first kappa shape index (κ1) is 32.7. The van der Waals surface area contributed by atoms with Crippen LogP contribution in [-0.2, 0) is 47.5 Å². The summed E-state index contributed by atoms with van der Waals surface area (Å²) in [7, 11) is 0. The number of aliphatic hydroxyl groups excluding tert-OH is 6. The Balaban J connectivity index is 1.49. The Labute approximate surface area is 218 Å². The Morgan fingerprint density at radius 3 is 1.16 bits per heavy atom. The zero-order valence-corrected chi connectivity index (χ0v) is 20.9. The molecule has 0 aromatic carbocycles. The van der Waals surface area contributed by atoms with Crippen LogP contribution in [0.3, 0.4) is 0 Å². The summed E-state index contributed by atoms with van der Waals surface area (Å²) >= 11 is 0. The molecule has 0 aromatic rings. The molecular formula is C22H38O16. The first-order valence-corrected chi connectivity index (χ1v) is 12.1. The van der Waals surface area contributed by atoms with Crippen LogP contribution in [0.25, 0.3) is 0 Å². The summed E-state index contributed by atoms with van der Waals surface area (Å²) in [4.78, 5) is 23.7. The molecule has 2 aliphatic rings. The Morgan fingerprint density at radius 1 is 0.553 bits per heavy atom. The van der Waals surface area contributed by atoms with Crippen molar-refractivity contribution in [2.24, 2.45) is 0 Å². The van der Waals surface area contributed by atoms with Gasteiger partial charge in [0, 0.05) is 0 Å². The molecule has 0 radical (unpaired) electrons. The minimum atomic E-state index is -2.31. The molecule has 8 atom stereocenters. The van der Waals surface area contributed by atoms with Gasteiger partial charge in [-0.15, -0.1) is 0 Å². The third kappa shape index (κ3) is 15.2. The predicted octanol–water partition coefficient (Wildman–Crippen LogP) is -4.90. The van der Waals surface area contributed by atoms with Crippen LogP contribution in [0.15, 0.2) is 0 Å². The molecule has 16 heteroatoms. The number of esters is 2. The second-order valence-corrected chi connectivity index (χ2v) is 8.83. The van der Waals surface area contributed by atoms with Crippen molar-refractivity contribution in [3.8, 4) is 0 Å². The quantitative estimate of drug-likeness (QED) is 0.0509. The third-order valence-electron chi connectivity index (χ3n) is 4.89. The van der Waals surface area contributed by atoms with Crippen molar-refractivity contribution in [1.82, 2.24) is 0 Å². The van der Waals surface area contributed by atoms with Gasteiger partial charge in [0.1, 0.15) is 49.8 Å². The van der Waals surface area contributed by atoms with E-state index in [0.29, 0.717) is 26.4 Å². The van der Waals surface area contributed by atoms with Gasteiger partial charge >= 0.3 is 11.9 Å². The Morgan fingerprint density at radius 2 is 0.842 bits per heavy atom.